The Hall–Kier alpha value is -4.74. The fourth-order valence-corrected chi connectivity index (χ4v) is 5.88. The number of carbonyl (C=O) groups is 3. The van der Waals surface area contributed by atoms with Crippen molar-refractivity contribution in [2.24, 2.45) is 0 Å². The molecule has 2 fully saturated rings. The smallest absolute Gasteiger partial charge is 0.251 e. The highest BCUT2D eigenvalue weighted by Crippen LogP contribution is 2.35. The van der Waals surface area contributed by atoms with Crippen molar-refractivity contribution in [3.8, 4) is 0 Å². The highest BCUT2D eigenvalue weighted by molar-refractivity contribution is 6.08. The van der Waals surface area contributed by atoms with Gasteiger partial charge < -0.3 is 34.4 Å². The topological polar surface area (TPSA) is 139 Å². The number of H-pyrrole nitrogens is 1. The van der Waals surface area contributed by atoms with Gasteiger partial charge in [-0.15, -0.1) is 0 Å². The van der Waals surface area contributed by atoms with Gasteiger partial charge in [0.2, 0.25) is 11.8 Å². The molecule has 0 bridgehead atoms. The maximum atomic E-state index is 13.5. The van der Waals surface area contributed by atoms with Gasteiger partial charge in [0.25, 0.3) is 5.91 Å². The van der Waals surface area contributed by atoms with E-state index >= 15 is 0 Å². The molecule has 0 aliphatic carbocycles. The minimum atomic E-state index is -1.04. The Kier molecular flexibility index (Phi) is 6.40. The van der Waals surface area contributed by atoms with E-state index in [1.54, 1.807) is 30.6 Å². The number of nitrogens with zero attached hydrogens (tertiary/aromatic N) is 2. The molecule has 0 saturated carbocycles. The number of fused-ring (bicyclic) bond motifs is 4. The summed E-state index contributed by atoms with van der Waals surface area (Å²) in [6.45, 7) is 2.46. The van der Waals surface area contributed by atoms with E-state index in [1.165, 1.54) is 4.90 Å². The maximum absolute atomic E-state index is 13.5. The van der Waals surface area contributed by atoms with E-state index in [1.807, 2.05) is 43.3 Å². The third-order valence-electron chi connectivity index (χ3n) is 8.03. The molecule has 2 aromatic carbocycles. The van der Waals surface area contributed by atoms with Gasteiger partial charge in [-0.2, -0.15) is 0 Å². The second-order valence-corrected chi connectivity index (χ2v) is 10.8. The summed E-state index contributed by atoms with van der Waals surface area (Å²) in [5.74, 6) is -2.17. The number of hydrogen-bond donors (Lipinski definition) is 3. The molecule has 5 aromatic rings. The van der Waals surface area contributed by atoms with E-state index in [-0.39, 0.29) is 31.5 Å². The van der Waals surface area contributed by atoms with Gasteiger partial charge in [-0.05, 0) is 43.3 Å². The fourth-order valence-electron chi connectivity index (χ4n) is 5.88. The number of carbonyl (C=O) groups excluding carboxylic acids is 3. The van der Waals surface area contributed by atoms with Gasteiger partial charge in [-0.1, -0.05) is 18.2 Å². The zero-order chi connectivity index (χ0) is 28.8. The number of pyridine rings is 1. The van der Waals surface area contributed by atoms with Crippen molar-refractivity contribution in [1.82, 2.24) is 25.5 Å². The quantitative estimate of drug-likeness (QED) is 0.286. The largest absolute Gasteiger partial charge is 0.456 e. The Labute approximate surface area is 240 Å². The lowest BCUT2D eigenvalue weighted by molar-refractivity contribution is -0.152. The van der Waals surface area contributed by atoms with Crippen molar-refractivity contribution >= 4 is 50.6 Å². The van der Waals surface area contributed by atoms with Crippen molar-refractivity contribution in [3.63, 3.8) is 0 Å². The summed E-state index contributed by atoms with van der Waals surface area (Å²) in [4.78, 5) is 48.9. The lowest BCUT2D eigenvalue weighted by Crippen LogP contribution is -2.49. The van der Waals surface area contributed by atoms with E-state index in [4.69, 9.17) is 13.9 Å². The third kappa shape index (κ3) is 4.66. The maximum Gasteiger partial charge on any atom is 0.251 e. The van der Waals surface area contributed by atoms with Crippen molar-refractivity contribution in [3.05, 3.63) is 78.2 Å². The molecular formula is C31H29N5O6. The van der Waals surface area contributed by atoms with Crippen LogP contribution in [0.3, 0.4) is 0 Å². The van der Waals surface area contributed by atoms with Crippen LogP contribution in [0.2, 0.25) is 0 Å². The number of rotatable bonds is 6. The molecule has 0 unspecified atom stereocenters. The summed E-state index contributed by atoms with van der Waals surface area (Å²) in [6.07, 6.45) is 3.65. The Morgan fingerprint density at radius 2 is 1.88 bits per heavy atom. The van der Waals surface area contributed by atoms with Gasteiger partial charge in [0, 0.05) is 51.7 Å². The molecule has 2 aliphatic heterocycles. The first-order valence-corrected chi connectivity index (χ1v) is 13.9. The van der Waals surface area contributed by atoms with E-state index in [0.717, 1.165) is 33.0 Å². The number of hydrogen-bond acceptors (Lipinski definition) is 7. The van der Waals surface area contributed by atoms with Gasteiger partial charge >= 0.3 is 0 Å². The van der Waals surface area contributed by atoms with Gasteiger partial charge in [0.1, 0.15) is 17.2 Å². The van der Waals surface area contributed by atoms with Crippen LogP contribution in [0.4, 0.5) is 0 Å². The van der Waals surface area contributed by atoms with Gasteiger partial charge in [-0.3, -0.25) is 19.4 Å². The van der Waals surface area contributed by atoms with Crippen LogP contribution in [-0.4, -0.2) is 70.7 Å². The molecule has 2 atom stereocenters. The Bertz CT molecular complexity index is 1800. The van der Waals surface area contributed by atoms with Gasteiger partial charge in [0.15, 0.2) is 5.79 Å². The number of amides is 3. The Morgan fingerprint density at radius 3 is 2.71 bits per heavy atom. The molecule has 7 rings (SSSR count). The average Bonchev–Trinajstić information content (AvgIpc) is 3.80. The minimum Gasteiger partial charge on any atom is -0.456 e. The van der Waals surface area contributed by atoms with Crippen LogP contribution in [-0.2, 0) is 19.1 Å². The van der Waals surface area contributed by atoms with Gasteiger partial charge in [0.05, 0.1) is 32.3 Å². The number of likely N-dealkylation sites (tertiary alicyclic amines) is 1. The number of aromatic nitrogens is 2. The molecule has 1 spiro atoms. The van der Waals surface area contributed by atoms with E-state index in [9.17, 15) is 14.4 Å². The predicted molar refractivity (Wildman–Crippen MR) is 153 cm³/mol. The fraction of sp³-hybridized carbons (Fsp3) is 0.290. The molecule has 11 nitrogen and oxygen atoms in total. The number of aromatic amines is 1. The molecule has 5 heterocycles. The second kappa shape index (κ2) is 10.3. The summed E-state index contributed by atoms with van der Waals surface area (Å²) in [7, 11) is 0. The molecule has 2 saturated heterocycles. The van der Waals surface area contributed by atoms with Crippen LogP contribution in [0.15, 0.2) is 71.4 Å². The van der Waals surface area contributed by atoms with Crippen LogP contribution >= 0.6 is 0 Å². The number of nitrogens with one attached hydrogen (secondary N) is 3. The lowest BCUT2D eigenvalue weighted by Gasteiger charge is -2.25. The van der Waals surface area contributed by atoms with Gasteiger partial charge in [-0.25, -0.2) is 0 Å². The standard InChI is InChI=1S/C31H29N5O6/c1-18(24-13-20-15-32-9-8-23(20)35-24)34-30(39)25-14-31(40-10-11-41-31)17-36(25)28(37)16-33-29(38)19-6-7-27-22(12-19)21-4-2-3-5-26(21)42-27/h2-9,12-13,15,18,25,35H,10-11,14,16-17H2,1H3,(H,33,38)(H,34,39)/t18-,25+/m1/s1. The average molecular weight is 568 g/mol. The van der Waals surface area contributed by atoms with Crippen LogP contribution in [0.5, 0.6) is 0 Å². The molecule has 0 radical (unpaired) electrons. The molecule has 3 aromatic heterocycles. The van der Waals surface area contributed by atoms with Crippen LogP contribution < -0.4 is 10.6 Å². The SMILES string of the molecule is C[C@@H](NC(=O)[C@@H]1CC2(CN1C(=O)CNC(=O)c1ccc3oc4ccccc4c3c1)OCCO2)c1cc2cnccc2[nH]1. The molecule has 3 N–H and O–H groups in total. The summed E-state index contributed by atoms with van der Waals surface area (Å²) in [6, 6.07) is 15.4. The molecule has 42 heavy (non-hydrogen) atoms. The number of ether oxygens (including phenoxy) is 2. The second-order valence-electron chi connectivity index (χ2n) is 10.8. The third-order valence-corrected chi connectivity index (χ3v) is 8.03. The predicted octanol–water partition coefficient (Wildman–Crippen LogP) is 3.41. The normalized spacial score (nSPS) is 18.7. The Balaban J connectivity index is 1.05. The zero-order valence-corrected chi connectivity index (χ0v) is 22.9. The van der Waals surface area contributed by atoms with E-state index in [2.05, 4.69) is 20.6 Å². The highest BCUT2D eigenvalue weighted by atomic mass is 16.7. The minimum absolute atomic E-state index is 0.0964. The van der Waals surface area contributed by atoms with Crippen LogP contribution in [0.25, 0.3) is 32.8 Å². The molecule has 214 valence electrons. The van der Waals surface area contributed by atoms with E-state index < -0.39 is 23.6 Å². The van der Waals surface area contributed by atoms with Crippen molar-refractivity contribution in [1.29, 1.82) is 0 Å². The molecule has 11 heteroatoms. The number of furan rings is 1. The monoisotopic (exact) mass is 567 g/mol. The van der Waals surface area contributed by atoms with Crippen LogP contribution in [0, 0.1) is 0 Å². The first-order chi connectivity index (χ1) is 20.4. The first kappa shape index (κ1) is 26.2. The first-order valence-electron chi connectivity index (χ1n) is 13.9. The van der Waals surface area contributed by atoms with Crippen molar-refractivity contribution < 1.29 is 28.3 Å². The number of para-hydroxylation sites is 1. The lowest BCUT2D eigenvalue weighted by atomic mass is 10.1. The summed E-state index contributed by atoms with van der Waals surface area (Å²) in [5.41, 5.74) is 3.55. The summed E-state index contributed by atoms with van der Waals surface area (Å²) >= 11 is 0. The summed E-state index contributed by atoms with van der Waals surface area (Å²) < 4.78 is 17.5. The molecular weight excluding hydrogens is 538 g/mol. The summed E-state index contributed by atoms with van der Waals surface area (Å²) in [5, 5.41) is 8.40. The Morgan fingerprint density at radius 1 is 1.07 bits per heavy atom. The van der Waals surface area contributed by atoms with Crippen molar-refractivity contribution in [2.75, 3.05) is 26.3 Å². The zero-order valence-electron chi connectivity index (χ0n) is 22.9. The highest BCUT2D eigenvalue weighted by Gasteiger charge is 2.52. The molecule has 3 amide bonds. The van der Waals surface area contributed by atoms with E-state index in [0.29, 0.717) is 24.4 Å². The molecule has 2 aliphatic rings. The van der Waals surface area contributed by atoms with Crippen LogP contribution in [0.1, 0.15) is 35.4 Å². The number of benzene rings is 2. The van der Waals surface area contributed by atoms with Crippen molar-refractivity contribution in [2.45, 2.75) is 31.2 Å².